The summed E-state index contributed by atoms with van der Waals surface area (Å²) in [5, 5.41) is 6.88. The molecule has 0 saturated carbocycles. The van der Waals surface area contributed by atoms with Crippen molar-refractivity contribution in [1.82, 2.24) is 15.6 Å². The highest BCUT2D eigenvalue weighted by atomic mass is 32.1. The smallest absolute Gasteiger partial charge is 0.350 e. The average molecular weight is 339 g/mol. The summed E-state index contributed by atoms with van der Waals surface area (Å²) in [6, 6.07) is 3.15. The number of hydrogen-bond acceptors (Lipinski definition) is 7. The number of nitrogens with zero attached hydrogens (tertiary/aromatic N) is 1. The number of hydrogen-bond donors (Lipinski definition) is 2. The van der Waals surface area contributed by atoms with E-state index in [1.54, 1.807) is 6.92 Å². The van der Waals surface area contributed by atoms with E-state index in [1.165, 1.54) is 29.7 Å². The number of nitrogens with one attached hydrogen (secondary N) is 2. The van der Waals surface area contributed by atoms with Crippen molar-refractivity contribution in [3.05, 3.63) is 28.1 Å². The largest absolute Gasteiger partial charge is 0.451 e. The van der Waals surface area contributed by atoms with E-state index in [0.29, 0.717) is 10.6 Å². The van der Waals surface area contributed by atoms with Gasteiger partial charge in [-0.25, -0.2) is 14.6 Å². The summed E-state index contributed by atoms with van der Waals surface area (Å²) in [5.74, 6) is -1.33. The highest BCUT2D eigenvalue weighted by Gasteiger charge is 2.19. The summed E-state index contributed by atoms with van der Waals surface area (Å²) < 4.78 is 4.89. The van der Waals surface area contributed by atoms with Crippen molar-refractivity contribution in [2.45, 2.75) is 6.92 Å². The second-order valence-corrected chi connectivity index (χ2v) is 6.06. The lowest BCUT2D eigenvalue weighted by Crippen LogP contribution is -2.39. The molecule has 0 spiro atoms. The summed E-state index contributed by atoms with van der Waals surface area (Å²) in [5.41, 5.74) is 0.546. The molecule has 2 N–H and O–H groups in total. The fourth-order valence-electron chi connectivity index (χ4n) is 1.51. The third kappa shape index (κ3) is 3.89. The molecule has 2 aromatic heterocycles. The van der Waals surface area contributed by atoms with Crippen LogP contribution in [0.3, 0.4) is 0 Å². The van der Waals surface area contributed by atoms with Gasteiger partial charge in [-0.05, 0) is 18.4 Å². The van der Waals surface area contributed by atoms with Crippen LogP contribution in [-0.4, -0.2) is 36.5 Å². The maximum absolute atomic E-state index is 12.0. The van der Waals surface area contributed by atoms with Crippen molar-refractivity contribution in [2.75, 3.05) is 13.7 Å². The predicted octanol–water partition coefficient (Wildman–Crippen LogP) is 1.79. The highest BCUT2D eigenvalue weighted by molar-refractivity contribution is 7.22. The molecule has 3 amide bonds. The van der Waals surface area contributed by atoms with Crippen molar-refractivity contribution in [3.8, 4) is 9.88 Å². The summed E-state index contributed by atoms with van der Waals surface area (Å²) in [6.07, 6.45) is 0. The van der Waals surface area contributed by atoms with Gasteiger partial charge >= 0.3 is 12.0 Å². The Morgan fingerprint density at radius 2 is 2.14 bits per heavy atom. The molecule has 0 aliphatic rings. The molecule has 0 radical (unpaired) electrons. The van der Waals surface area contributed by atoms with Crippen molar-refractivity contribution in [1.29, 1.82) is 0 Å². The van der Waals surface area contributed by atoms with Crippen LogP contribution in [-0.2, 0) is 9.53 Å². The monoisotopic (exact) mass is 339 g/mol. The van der Waals surface area contributed by atoms with Crippen LogP contribution in [0.5, 0.6) is 0 Å². The van der Waals surface area contributed by atoms with E-state index < -0.39 is 24.5 Å². The molecule has 2 aromatic rings. The van der Waals surface area contributed by atoms with Crippen LogP contribution in [0.2, 0.25) is 0 Å². The van der Waals surface area contributed by atoms with Gasteiger partial charge in [0.25, 0.3) is 5.91 Å². The zero-order valence-electron chi connectivity index (χ0n) is 11.8. The van der Waals surface area contributed by atoms with Crippen LogP contribution in [0.1, 0.15) is 15.4 Å². The molecule has 2 rings (SSSR count). The minimum absolute atomic E-state index is 0.344. The number of thiazole rings is 1. The third-order valence-electron chi connectivity index (χ3n) is 2.53. The van der Waals surface area contributed by atoms with Gasteiger partial charge in [0.05, 0.1) is 10.6 Å². The van der Waals surface area contributed by atoms with Gasteiger partial charge in [-0.15, -0.1) is 22.7 Å². The van der Waals surface area contributed by atoms with Gasteiger partial charge < -0.3 is 10.1 Å². The predicted molar refractivity (Wildman–Crippen MR) is 83.0 cm³/mol. The van der Waals surface area contributed by atoms with E-state index in [1.807, 2.05) is 22.8 Å². The molecule has 22 heavy (non-hydrogen) atoms. The van der Waals surface area contributed by atoms with E-state index in [9.17, 15) is 14.4 Å². The first-order valence-corrected chi connectivity index (χ1v) is 7.91. The number of aryl methyl sites for hydroxylation is 1. The zero-order valence-corrected chi connectivity index (χ0v) is 13.5. The second kappa shape index (κ2) is 7.14. The van der Waals surface area contributed by atoms with Gasteiger partial charge in [0.2, 0.25) is 0 Å². The normalized spacial score (nSPS) is 10.1. The van der Waals surface area contributed by atoms with Gasteiger partial charge in [0.1, 0.15) is 9.88 Å². The van der Waals surface area contributed by atoms with E-state index in [2.05, 4.69) is 10.3 Å². The Balaban J connectivity index is 1.98. The number of rotatable bonds is 4. The number of urea groups is 1. The first kappa shape index (κ1) is 16.1. The number of ether oxygens (including phenoxy) is 1. The number of thiophene rings is 1. The quantitative estimate of drug-likeness (QED) is 0.828. The van der Waals surface area contributed by atoms with Crippen molar-refractivity contribution >= 4 is 40.6 Å². The molecule has 0 saturated heterocycles. The van der Waals surface area contributed by atoms with Crippen molar-refractivity contribution in [2.24, 2.45) is 0 Å². The molecule has 116 valence electrons. The molecule has 0 bridgehead atoms. The molecule has 7 nitrogen and oxygen atoms in total. The molecule has 0 aliphatic carbocycles. The lowest BCUT2D eigenvalue weighted by Gasteiger charge is -2.04. The standard InChI is InChI=1S/C13H13N3O4S2/c1-7-10(22-11(15-7)8-4-3-5-21-8)12(18)20-6-9(17)16-13(19)14-2/h3-5H,6H2,1-2H3,(H2,14,16,17,19). The minimum Gasteiger partial charge on any atom is -0.451 e. The Hall–Kier alpha value is -2.26. The third-order valence-corrected chi connectivity index (χ3v) is 4.70. The number of aromatic nitrogens is 1. The van der Waals surface area contributed by atoms with Gasteiger partial charge in [0, 0.05) is 7.05 Å². The second-order valence-electron chi connectivity index (χ2n) is 4.11. The molecule has 9 heteroatoms. The molecule has 2 heterocycles. The molecular formula is C13H13N3O4S2. The first-order chi connectivity index (χ1) is 10.5. The van der Waals surface area contributed by atoms with Gasteiger partial charge in [-0.3, -0.25) is 10.1 Å². The minimum atomic E-state index is -0.701. The molecule has 0 fully saturated rings. The maximum atomic E-state index is 12.0. The Labute approximate surface area is 134 Å². The number of esters is 1. The zero-order chi connectivity index (χ0) is 16.1. The number of carbonyl (C=O) groups excluding carboxylic acids is 3. The summed E-state index contributed by atoms with van der Waals surface area (Å²) in [7, 11) is 1.38. The summed E-state index contributed by atoms with van der Waals surface area (Å²) in [6.45, 7) is 1.17. The van der Waals surface area contributed by atoms with Crippen LogP contribution < -0.4 is 10.6 Å². The topological polar surface area (TPSA) is 97.4 Å². The molecular weight excluding hydrogens is 326 g/mol. The van der Waals surface area contributed by atoms with Gasteiger partial charge in [-0.1, -0.05) is 6.07 Å². The van der Waals surface area contributed by atoms with E-state index >= 15 is 0 Å². The fraction of sp³-hybridized carbons (Fsp3) is 0.231. The van der Waals surface area contributed by atoms with Crippen molar-refractivity contribution in [3.63, 3.8) is 0 Å². The van der Waals surface area contributed by atoms with Crippen LogP contribution >= 0.6 is 22.7 Å². The fourth-order valence-corrected chi connectivity index (χ4v) is 3.27. The molecule has 0 aliphatic heterocycles. The van der Waals surface area contributed by atoms with E-state index in [-0.39, 0.29) is 0 Å². The van der Waals surface area contributed by atoms with Gasteiger partial charge in [0.15, 0.2) is 6.61 Å². The van der Waals surface area contributed by atoms with E-state index in [0.717, 1.165) is 9.88 Å². The first-order valence-electron chi connectivity index (χ1n) is 6.21. The number of amides is 3. The van der Waals surface area contributed by atoms with Crippen LogP contribution in [0.4, 0.5) is 4.79 Å². The summed E-state index contributed by atoms with van der Waals surface area (Å²) in [4.78, 5) is 39.9. The number of carbonyl (C=O) groups is 3. The molecule has 0 aromatic carbocycles. The van der Waals surface area contributed by atoms with Crippen LogP contribution in [0.25, 0.3) is 9.88 Å². The lowest BCUT2D eigenvalue weighted by atomic mass is 10.4. The van der Waals surface area contributed by atoms with Crippen molar-refractivity contribution < 1.29 is 19.1 Å². The SMILES string of the molecule is CNC(=O)NC(=O)COC(=O)c1sc(-c2cccs2)nc1C. The van der Waals surface area contributed by atoms with Gasteiger partial charge in [-0.2, -0.15) is 0 Å². The maximum Gasteiger partial charge on any atom is 0.350 e. The molecule has 0 unspecified atom stereocenters. The van der Waals surface area contributed by atoms with E-state index in [4.69, 9.17) is 4.74 Å². The average Bonchev–Trinajstić information content (AvgIpc) is 3.13. The molecule has 0 atom stereocenters. The Bertz CT molecular complexity index is 694. The Morgan fingerprint density at radius 1 is 1.36 bits per heavy atom. The highest BCUT2D eigenvalue weighted by Crippen LogP contribution is 2.31. The Morgan fingerprint density at radius 3 is 2.77 bits per heavy atom. The summed E-state index contributed by atoms with van der Waals surface area (Å²) >= 11 is 2.73. The Kier molecular flexibility index (Phi) is 5.23. The lowest BCUT2D eigenvalue weighted by molar-refractivity contribution is -0.123. The number of imide groups is 1. The van der Waals surface area contributed by atoms with Crippen LogP contribution in [0.15, 0.2) is 17.5 Å². The van der Waals surface area contributed by atoms with Crippen LogP contribution in [0, 0.1) is 6.92 Å².